The molecule has 4 nitrogen and oxygen atoms in total. The molecule has 0 unspecified atom stereocenters. The van der Waals surface area contributed by atoms with Crippen LogP contribution in [-0.2, 0) is 4.74 Å². The molecule has 0 aromatic heterocycles. The van der Waals surface area contributed by atoms with Crippen LogP contribution in [0.5, 0.6) is 5.75 Å². The molecule has 98 valence electrons. The van der Waals surface area contributed by atoms with Gasteiger partial charge in [-0.1, -0.05) is 11.6 Å². The maximum Gasteiger partial charge on any atom is 0.255 e. The zero-order valence-electron chi connectivity index (χ0n) is 10.2. The van der Waals surface area contributed by atoms with Gasteiger partial charge in [-0.2, -0.15) is 0 Å². The first-order chi connectivity index (χ1) is 8.61. The number of methoxy groups -OCH3 is 1. The summed E-state index contributed by atoms with van der Waals surface area (Å²) < 4.78 is 5.26. The Morgan fingerprint density at radius 3 is 2.72 bits per heavy atom. The van der Waals surface area contributed by atoms with Crippen molar-refractivity contribution in [3.63, 3.8) is 0 Å². The summed E-state index contributed by atoms with van der Waals surface area (Å²) in [5.74, 6) is -0.0834. The van der Waals surface area contributed by atoms with Gasteiger partial charge < -0.3 is 14.7 Å². The van der Waals surface area contributed by atoms with Crippen LogP contribution in [0.1, 0.15) is 23.2 Å². The molecular formula is C13H16ClNO3. The van der Waals surface area contributed by atoms with Gasteiger partial charge in [0, 0.05) is 20.2 Å². The molecular weight excluding hydrogens is 254 g/mol. The average molecular weight is 270 g/mol. The molecule has 0 spiro atoms. The molecule has 18 heavy (non-hydrogen) atoms. The third-order valence-electron chi connectivity index (χ3n) is 3.24. The van der Waals surface area contributed by atoms with E-state index in [-0.39, 0.29) is 17.8 Å². The minimum atomic E-state index is -0.134. The number of ether oxygens (including phenoxy) is 1. The van der Waals surface area contributed by atoms with Gasteiger partial charge in [0.15, 0.2) is 0 Å². The highest BCUT2D eigenvalue weighted by atomic mass is 35.5. The van der Waals surface area contributed by atoms with Crippen LogP contribution in [0, 0.1) is 0 Å². The van der Waals surface area contributed by atoms with E-state index in [1.165, 1.54) is 18.2 Å². The summed E-state index contributed by atoms with van der Waals surface area (Å²) in [5, 5.41) is 9.78. The molecule has 1 fully saturated rings. The SMILES string of the molecule is COC1CCN(C(=O)c2cc(O)ccc2Cl)CC1. The predicted octanol–water partition coefficient (Wildman–Crippen LogP) is 2.30. The van der Waals surface area contributed by atoms with E-state index < -0.39 is 0 Å². The Morgan fingerprint density at radius 1 is 1.44 bits per heavy atom. The minimum absolute atomic E-state index is 0.0505. The topological polar surface area (TPSA) is 49.8 Å². The Morgan fingerprint density at radius 2 is 2.11 bits per heavy atom. The van der Waals surface area contributed by atoms with Crippen LogP contribution in [0.15, 0.2) is 18.2 Å². The summed E-state index contributed by atoms with van der Waals surface area (Å²) in [4.78, 5) is 14.0. The van der Waals surface area contributed by atoms with E-state index in [0.29, 0.717) is 23.7 Å². The third-order valence-corrected chi connectivity index (χ3v) is 3.57. The number of carbonyl (C=O) groups excluding carboxylic acids is 1. The van der Waals surface area contributed by atoms with Gasteiger partial charge in [0.1, 0.15) is 5.75 Å². The number of amides is 1. The summed E-state index contributed by atoms with van der Waals surface area (Å²) in [6, 6.07) is 4.41. The van der Waals surface area contributed by atoms with Crippen molar-refractivity contribution in [3.05, 3.63) is 28.8 Å². The summed E-state index contributed by atoms with van der Waals surface area (Å²) in [7, 11) is 1.69. The quantitative estimate of drug-likeness (QED) is 0.896. The average Bonchev–Trinajstić information content (AvgIpc) is 2.41. The smallest absolute Gasteiger partial charge is 0.255 e. The Labute approximate surface area is 111 Å². The van der Waals surface area contributed by atoms with Crippen molar-refractivity contribution < 1.29 is 14.6 Å². The molecule has 0 atom stereocenters. The Hall–Kier alpha value is -1.26. The van der Waals surface area contributed by atoms with E-state index in [9.17, 15) is 9.90 Å². The van der Waals surface area contributed by atoms with Gasteiger partial charge in [-0.15, -0.1) is 0 Å². The zero-order valence-corrected chi connectivity index (χ0v) is 11.0. The minimum Gasteiger partial charge on any atom is -0.508 e. The lowest BCUT2D eigenvalue weighted by Crippen LogP contribution is -2.40. The number of halogens is 1. The van der Waals surface area contributed by atoms with Gasteiger partial charge in [-0.05, 0) is 31.0 Å². The summed E-state index contributed by atoms with van der Waals surface area (Å²) in [6.07, 6.45) is 1.89. The largest absolute Gasteiger partial charge is 0.508 e. The highest BCUT2D eigenvalue weighted by Gasteiger charge is 2.24. The van der Waals surface area contributed by atoms with Gasteiger partial charge in [0.2, 0.25) is 0 Å². The molecule has 0 aliphatic carbocycles. The number of phenolic OH excluding ortho intramolecular Hbond substituents is 1. The van der Waals surface area contributed by atoms with E-state index in [1.807, 2.05) is 0 Å². The fraction of sp³-hybridized carbons (Fsp3) is 0.462. The highest BCUT2D eigenvalue weighted by molar-refractivity contribution is 6.33. The first-order valence-corrected chi connectivity index (χ1v) is 6.30. The third kappa shape index (κ3) is 2.76. The molecule has 1 saturated heterocycles. The van der Waals surface area contributed by atoms with Crippen molar-refractivity contribution >= 4 is 17.5 Å². The van der Waals surface area contributed by atoms with Gasteiger partial charge >= 0.3 is 0 Å². The van der Waals surface area contributed by atoms with Gasteiger partial charge in [-0.3, -0.25) is 4.79 Å². The lowest BCUT2D eigenvalue weighted by Gasteiger charge is -2.31. The number of hydrogen-bond donors (Lipinski definition) is 1. The predicted molar refractivity (Wildman–Crippen MR) is 69.1 cm³/mol. The number of aromatic hydroxyl groups is 1. The molecule has 1 aromatic carbocycles. The first-order valence-electron chi connectivity index (χ1n) is 5.92. The second-order valence-corrected chi connectivity index (χ2v) is 4.80. The number of nitrogens with zero attached hydrogens (tertiary/aromatic N) is 1. The molecule has 1 aromatic rings. The van der Waals surface area contributed by atoms with Gasteiger partial charge in [-0.25, -0.2) is 0 Å². The Balaban J connectivity index is 2.10. The number of hydrogen-bond acceptors (Lipinski definition) is 3. The molecule has 2 rings (SSSR count). The first kappa shape index (κ1) is 13.2. The van der Waals surface area contributed by atoms with Crippen LogP contribution < -0.4 is 0 Å². The maximum absolute atomic E-state index is 12.3. The van der Waals surface area contributed by atoms with Crippen molar-refractivity contribution in [2.45, 2.75) is 18.9 Å². The molecule has 1 aliphatic rings. The van der Waals surface area contributed by atoms with Crippen molar-refractivity contribution in [2.24, 2.45) is 0 Å². The maximum atomic E-state index is 12.3. The molecule has 0 saturated carbocycles. The second-order valence-electron chi connectivity index (χ2n) is 4.39. The molecule has 1 N–H and O–H groups in total. The lowest BCUT2D eigenvalue weighted by atomic mass is 10.1. The summed E-state index contributed by atoms with van der Waals surface area (Å²) >= 11 is 5.98. The van der Waals surface area contributed by atoms with Crippen molar-refractivity contribution in [1.82, 2.24) is 4.90 Å². The van der Waals surface area contributed by atoms with E-state index >= 15 is 0 Å². The highest BCUT2D eigenvalue weighted by Crippen LogP contribution is 2.24. The Bertz CT molecular complexity index is 442. The van der Waals surface area contributed by atoms with E-state index in [1.54, 1.807) is 12.0 Å². The van der Waals surface area contributed by atoms with Crippen LogP contribution in [0.3, 0.4) is 0 Å². The normalized spacial score (nSPS) is 16.9. The molecule has 1 amide bonds. The zero-order chi connectivity index (χ0) is 13.1. The van der Waals surface area contributed by atoms with Gasteiger partial charge in [0.25, 0.3) is 5.91 Å². The number of likely N-dealkylation sites (tertiary alicyclic amines) is 1. The second kappa shape index (κ2) is 5.59. The van der Waals surface area contributed by atoms with Crippen molar-refractivity contribution in [3.8, 4) is 5.75 Å². The van der Waals surface area contributed by atoms with Gasteiger partial charge in [0.05, 0.1) is 16.7 Å². The number of piperidine rings is 1. The van der Waals surface area contributed by atoms with Crippen LogP contribution in [-0.4, -0.2) is 42.2 Å². The van der Waals surface area contributed by atoms with Crippen LogP contribution >= 0.6 is 11.6 Å². The Kier molecular flexibility index (Phi) is 4.09. The lowest BCUT2D eigenvalue weighted by molar-refractivity contribution is 0.0350. The molecule has 5 heteroatoms. The standard InChI is InChI=1S/C13H16ClNO3/c1-18-10-4-6-15(7-5-10)13(17)11-8-9(16)2-3-12(11)14/h2-3,8,10,16H,4-7H2,1H3. The fourth-order valence-corrected chi connectivity index (χ4v) is 2.34. The molecule has 0 radical (unpaired) electrons. The monoisotopic (exact) mass is 269 g/mol. The van der Waals surface area contributed by atoms with E-state index in [0.717, 1.165) is 12.8 Å². The van der Waals surface area contributed by atoms with Crippen LogP contribution in [0.4, 0.5) is 0 Å². The number of rotatable bonds is 2. The van der Waals surface area contributed by atoms with Crippen molar-refractivity contribution in [2.75, 3.05) is 20.2 Å². The van der Waals surface area contributed by atoms with Crippen molar-refractivity contribution in [1.29, 1.82) is 0 Å². The number of phenols is 1. The summed E-state index contributed by atoms with van der Waals surface area (Å²) in [5.41, 5.74) is 0.354. The molecule has 0 bridgehead atoms. The molecule has 1 heterocycles. The van der Waals surface area contributed by atoms with E-state index in [4.69, 9.17) is 16.3 Å². The fourth-order valence-electron chi connectivity index (χ4n) is 2.14. The summed E-state index contributed by atoms with van der Waals surface area (Å²) in [6.45, 7) is 1.31. The number of benzene rings is 1. The number of carbonyl (C=O) groups is 1. The van der Waals surface area contributed by atoms with Crippen LogP contribution in [0.2, 0.25) is 5.02 Å². The molecule has 1 aliphatic heterocycles. The van der Waals surface area contributed by atoms with Crippen LogP contribution in [0.25, 0.3) is 0 Å². The van der Waals surface area contributed by atoms with E-state index in [2.05, 4.69) is 0 Å².